The molecule has 2 aliphatic heterocycles. The topological polar surface area (TPSA) is 59.8 Å². The quantitative estimate of drug-likeness (QED) is 0.271. The Labute approximate surface area is 246 Å². The summed E-state index contributed by atoms with van der Waals surface area (Å²) in [5.74, 6) is 1.70. The number of nitrogens with zero attached hydrogens (tertiary/aromatic N) is 3. The molecule has 9 rings (SSSR count). The van der Waals surface area contributed by atoms with E-state index in [-0.39, 0.29) is 23.3 Å². The van der Waals surface area contributed by atoms with Crippen LogP contribution in [0.25, 0.3) is 5.69 Å². The second kappa shape index (κ2) is 9.19. The van der Waals surface area contributed by atoms with Crippen molar-refractivity contribution in [2.45, 2.75) is 68.1 Å². The van der Waals surface area contributed by atoms with Gasteiger partial charge in [-0.2, -0.15) is 0 Å². The van der Waals surface area contributed by atoms with Crippen molar-refractivity contribution in [3.63, 3.8) is 0 Å². The Hall–Kier alpha value is -3.61. The molecule has 2 aromatic heterocycles. The van der Waals surface area contributed by atoms with Crippen molar-refractivity contribution >= 4 is 0 Å². The van der Waals surface area contributed by atoms with E-state index in [9.17, 15) is 5.11 Å². The molecule has 6 heteroatoms. The van der Waals surface area contributed by atoms with Gasteiger partial charge in [0.15, 0.2) is 17.6 Å². The molecule has 214 valence electrons. The Morgan fingerprint density at radius 2 is 1.88 bits per heavy atom. The summed E-state index contributed by atoms with van der Waals surface area (Å²) >= 11 is 0. The van der Waals surface area contributed by atoms with Gasteiger partial charge in [0.25, 0.3) is 0 Å². The number of hydrogen-bond donors (Lipinski definition) is 1. The highest BCUT2D eigenvalue weighted by Gasteiger charge is 2.73. The van der Waals surface area contributed by atoms with Gasteiger partial charge >= 0.3 is 0 Å². The first-order chi connectivity index (χ1) is 20.7. The molecule has 1 spiro atoms. The second-order valence-electron chi connectivity index (χ2n) is 13.2. The maximum Gasteiger partial charge on any atom is 0.166 e. The van der Waals surface area contributed by atoms with Gasteiger partial charge in [0.1, 0.15) is 5.60 Å². The normalized spacial score (nSPS) is 28.7. The molecule has 5 aliphatic rings. The minimum atomic E-state index is -0.461. The number of fused-ring (bicyclic) bond motifs is 2. The van der Waals surface area contributed by atoms with E-state index in [0.717, 1.165) is 62.5 Å². The third kappa shape index (κ3) is 3.48. The number of phenols is 1. The highest BCUT2D eigenvalue weighted by molar-refractivity contribution is 5.64. The Morgan fingerprint density at radius 3 is 2.71 bits per heavy atom. The van der Waals surface area contributed by atoms with Gasteiger partial charge in [-0.25, -0.2) is 0 Å². The Morgan fingerprint density at radius 1 is 1.02 bits per heavy atom. The van der Waals surface area contributed by atoms with Crippen molar-refractivity contribution in [3.8, 4) is 17.2 Å². The van der Waals surface area contributed by atoms with Crippen LogP contribution >= 0.6 is 0 Å². The minimum Gasteiger partial charge on any atom is -0.504 e. The lowest BCUT2D eigenvalue weighted by Crippen LogP contribution is -2.75. The van der Waals surface area contributed by atoms with E-state index in [1.807, 2.05) is 24.4 Å². The molecule has 2 aromatic carbocycles. The molecule has 42 heavy (non-hydrogen) atoms. The lowest BCUT2D eigenvalue weighted by Gasteiger charge is -2.64. The summed E-state index contributed by atoms with van der Waals surface area (Å²) in [5, 5.41) is 11.1. The predicted molar refractivity (Wildman–Crippen MR) is 160 cm³/mol. The monoisotopic (exact) mass is 559 g/mol. The fraction of sp³-hybridized carbons (Fsp3) is 0.417. The first-order valence-electron chi connectivity index (χ1n) is 15.7. The standard InChI is InChI=1S/C36H37N3O3/c40-29-13-12-26-20-30-36(41-18-6-9-24-7-2-1-3-8-24)21-27-19-28(38-15-4-5-16-38)22-37-32(27)34-35(36,31(26)33(29)42-34)14-17-39(30)23-25-10-11-25/h1-5,7-8,12-13,15-16,19,22,25,30,34,40H,6,9-11,14,17-18,20-21,23H2/t30-,34+,35+,36-/m1/s1. The number of pyridine rings is 1. The molecule has 1 saturated heterocycles. The third-order valence-electron chi connectivity index (χ3n) is 10.9. The van der Waals surface area contributed by atoms with Gasteiger partial charge in [0.05, 0.1) is 23.0 Å². The molecular formula is C36H37N3O3. The van der Waals surface area contributed by atoms with E-state index < -0.39 is 5.60 Å². The van der Waals surface area contributed by atoms with Gasteiger partial charge in [-0.15, -0.1) is 0 Å². The number of ether oxygens (including phenoxy) is 2. The number of rotatable bonds is 8. The van der Waals surface area contributed by atoms with Crippen molar-refractivity contribution in [2.24, 2.45) is 5.92 Å². The van der Waals surface area contributed by atoms with Gasteiger partial charge < -0.3 is 19.1 Å². The number of hydrogen-bond acceptors (Lipinski definition) is 5. The number of piperidine rings is 1. The Bertz CT molecular complexity index is 1650. The Kier molecular flexibility index (Phi) is 5.46. The molecule has 0 unspecified atom stereocenters. The summed E-state index contributed by atoms with van der Waals surface area (Å²) in [4.78, 5) is 7.87. The zero-order chi connectivity index (χ0) is 27.9. The van der Waals surface area contributed by atoms with Crippen molar-refractivity contribution < 1.29 is 14.6 Å². The highest BCUT2D eigenvalue weighted by atomic mass is 16.5. The molecule has 1 N–H and O–H groups in total. The van der Waals surface area contributed by atoms with Crippen LogP contribution in [0.15, 0.2) is 79.3 Å². The van der Waals surface area contributed by atoms with Crippen molar-refractivity contribution in [1.29, 1.82) is 0 Å². The van der Waals surface area contributed by atoms with E-state index >= 15 is 0 Å². The van der Waals surface area contributed by atoms with Crippen molar-refractivity contribution in [3.05, 3.63) is 107 Å². The van der Waals surface area contributed by atoms with E-state index in [2.05, 4.69) is 64.3 Å². The van der Waals surface area contributed by atoms with E-state index in [1.54, 1.807) is 0 Å². The average Bonchev–Trinajstić information content (AvgIpc) is 3.51. The molecular weight excluding hydrogens is 522 g/mol. The largest absolute Gasteiger partial charge is 0.504 e. The zero-order valence-corrected chi connectivity index (χ0v) is 23.9. The van der Waals surface area contributed by atoms with Crippen LogP contribution in [0.1, 0.15) is 59.7 Å². The minimum absolute atomic E-state index is 0.236. The van der Waals surface area contributed by atoms with Crippen molar-refractivity contribution in [2.75, 3.05) is 19.7 Å². The molecule has 4 atom stereocenters. The second-order valence-corrected chi connectivity index (χ2v) is 13.2. The predicted octanol–water partition coefficient (Wildman–Crippen LogP) is 5.93. The summed E-state index contributed by atoms with van der Waals surface area (Å²) in [6.07, 6.45) is 13.2. The maximum atomic E-state index is 11.1. The Balaban J connectivity index is 1.19. The van der Waals surface area contributed by atoms with Gasteiger partial charge in [-0.3, -0.25) is 9.88 Å². The molecule has 2 fully saturated rings. The number of aryl methyl sites for hydroxylation is 1. The van der Waals surface area contributed by atoms with Crippen LogP contribution in [-0.4, -0.2) is 50.9 Å². The van der Waals surface area contributed by atoms with Crippen LogP contribution < -0.4 is 4.74 Å². The number of aromatic nitrogens is 2. The molecule has 4 heterocycles. The van der Waals surface area contributed by atoms with E-state index in [4.69, 9.17) is 14.5 Å². The first-order valence-corrected chi connectivity index (χ1v) is 15.7. The highest BCUT2D eigenvalue weighted by Crippen LogP contribution is 2.69. The number of phenolic OH excluding ortho intramolecular Hbond substituents is 1. The van der Waals surface area contributed by atoms with Crippen LogP contribution in [-0.2, 0) is 29.4 Å². The summed E-state index contributed by atoms with van der Waals surface area (Å²) in [6, 6.07) is 21.4. The molecule has 3 aliphatic carbocycles. The van der Waals surface area contributed by atoms with E-state index in [1.165, 1.54) is 35.1 Å². The number of benzene rings is 2. The summed E-state index contributed by atoms with van der Waals surface area (Å²) in [7, 11) is 0. The lowest BCUT2D eigenvalue weighted by atomic mass is 9.48. The lowest BCUT2D eigenvalue weighted by molar-refractivity contribution is -0.205. The first kappa shape index (κ1) is 24.9. The molecule has 4 aromatic rings. The van der Waals surface area contributed by atoms with E-state index in [0.29, 0.717) is 12.4 Å². The van der Waals surface area contributed by atoms with Gasteiger partial charge in [0, 0.05) is 43.6 Å². The average molecular weight is 560 g/mol. The van der Waals surface area contributed by atoms with Crippen LogP contribution in [0, 0.1) is 5.92 Å². The van der Waals surface area contributed by atoms with Gasteiger partial charge in [0.2, 0.25) is 0 Å². The molecule has 6 nitrogen and oxygen atoms in total. The maximum absolute atomic E-state index is 11.1. The van der Waals surface area contributed by atoms with Gasteiger partial charge in [-0.1, -0.05) is 36.4 Å². The van der Waals surface area contributed by atoms with Crippen LogP contribution in [0.2, 0.25) is 0 Å². The van der Waals surface area contributed by atoms with Crippen LogP contribution in [0.4, 0.5) is 0 Å². The SMILES string of the molecule is Oc1ccc2c3c1O[C@H]1c4ncc(-n5cccc5)cc4C[C@@]4(OCCCc5ccccc5)[C@@H](C2)N(CC2CC2)CC[C@]314. The van der Waals surface area contributed by atoms with Gasteiger partial charge in [-0.05, 0) is 91.9 Å². The summed E-state index contributed by atoms with van der Waals surface area (Å²) < 4.78 is 16.4. The molecule has 2 bridgehead atoms. The summed E-state index contributed by atoms with van der Waals surface area (Å²) in [6.45, 7) is 2.87. The number of likely N-dealkylation sites (tertiary alicyclic amines) is 1. The van der Waals surface area contributed by atoms with Crippen LogP contribution in [0.5, 0.6) is 11.5 Å². The smallest absolute Gasteiger partial charge is 0.166 e. The van der Waals surface area contributed by atoms with Crippen LogP contribution in [0.3, 0.4) is 0 Å². The fourth-order valence-electron chi connectivity index (χ4n) is 8.90. The fourth-order valence-corrected chi connectivity index (χ4v) is 8.90. The number of aromatic hydroxyl groups is 1. The molecule has 0 amide bonds. The third-order valence-corrected chi connectivity index (χ3v) is 10.9. The van der Waals surface area contributed by atoms with Crippen molar-refractivity contribution in [1.82, 2.24) is 14.5 Å². The zero-order valence-electron chi connectivity index (χ0n) is 23.9. The molecule has 1 saturated carbocycles. The molecule has 0 radical (unpaired) electrons. The summed E-state index contributed by atoms with van der Waals surface area (Å²) in [5.41, 5.74) is 6.30.